The smallest absolute Gasteiger partial charge is 0.118 e. The largest absolute Gasteiger partial charge is 0.465 e. The lowest BCUT2D eigenvalue weighted by atomic mass is 9.96. The number of nitrogens with zero attached hydrogens (tertiary/aromatic N) is 1. The van der Waals surface area contributed by atoms with Crippen LogP contribution in [0.3, 0.4) is 0 Å². The van der Waals surface area contributed by atoms with E-state index in [9.17, 15) is 0 Å². The molecule has 0 aliphatic heterocycles. The maximum atomic E-state index is 6.36. The van der Waals surface area contributed by atoms with Gasteiger partial charge >= 0.3 is 0 Å². The minimum absolute atomic E-state index is 0.0900. The van der Waals surface area contributed by atoms with Crippen LogP contribution in [0.2, 0.25) is 0 Å². The molecule has 2 rings (SSSR count). The Kier molecular flexibility index (Phi) is 5.62. The van der Waals surface area contributed by atoms with Crippen LogP contribution in [0.25, 0.3) is 0 Å². The summed E-state index contributed by atoms with van der Waals surface area (Å²) in [5, 5.41) is 0. The molecule has 3 nitrogen and oxygen atoms in total. The standard InChI is InChI=1S/C17H23BrN2O/c1-4-16(19)17(13-6-8-14(18)9-7-13)20(3)11-15-10-5-12(2)21-15/h5-10,16-17H,4,11,19H2,1-3H3. The van der Waals surface area contributed by atoms with E-state index in [0.29, 0.717) is 0 Å². The number of furan rings is 1. The molecule has 1 aromatic heterocycles. The number of nitrogens with two attached hydrogens (primary N) is 1. The van der Waals surface area contributed by atoms with Crippen molar-refractivity contribution in [1.82, 2.24) is 4.90 Å². The Hall–Kier alpha value is -1.10. The molecule has 0 radical (unpaired) electrons. The van der Waals surface area contributed by atoms with Crippen molar-refractivity contribution in [2.45, 2.75) is 38.9 Å². The molecule has 0 spiro atoms. The van der Waals surface area contributed by atoms with E-state index < -0.39 is 0 Å². The van der Waals surface area contributed by atoms with Gasteiger partial charge in [-0.1, -0.05) is 35.0 Å². The maximum Gasteiger partial charge on any atom is 0.118 e. The van der Waals surface area contributed by atoms with E-state index in [0.717, 1.165) is 29.0 Å². The first-order valence-corrected chi connectivity index (χ1v) is 8.07. The number of likely N-dealkylation sites (N-methyl/N-ethyl adjacent to an activating group) is 1. The van der Waals surface area contributed by atoms with Gasteiger partial charge in [0.15, 0.2) is 0 Å². The van der Waals surface area contributed by atoms with Crippen LogP contribution in [0.1, 0.15) is 36.5 Å². The van der Waals surface area contributed by atoms with Crippen LogP contribution in [-0.4, -0.2) is 18.0 Å². The molecule has 21 heavy (non-hydrogen) atoms. The van der Waals surface area contributed by atoms with E-state index in [1.165, 1.54) is 5.56 Å². The van der Waals surface area contributed by atoms with Gasteiger partial charge in [0.2, 0.25) is 0 Å². The summed E-state index contributed by atoms with van der Waals surface area (Å²) in [4.78, 5) is 2.26. The van der Waals surface area contributed by atoms with Crippen LogP contribution in [-0.2, 0) is 6.54 Å². The van der Waals surface area contributed by atoms with Crippen molar-refractivity contribution in [3.63, 3.8) is 0 Å². The SMILES string of the molecule is CCC(N)C(c1ccc(Br)cc1)N(C)Cc1ccc(C)o1. The number of hydrogen-bond donors (Lipinski definition) is 1. The molecule has 0 bridgehead atoms. The summed E-state index contributed by atoms with van der Waals surface area (Å²) in [5.41, 5.74) is 7.60. The highest BCUT2D eigenvalue weighted by atomic mass is 79.9. The van der Waals surface area contributed by atoms with E-state index in [1.807, 2.05) is 19.1 Å². The minimum Gasteiger partial charge on any atom is -0.465 e. The second kappa shape index (κ2) is 7.25. The highest BCUT2D eigenvalue weighted by Gasteiger charge is 2.23. The average molecular weight is 351 g/mol. The number of hydrogen-bond acceptors (Lipinski definition) is 3. The predicted molar refractivity (Wildman–Crippen MR) is 90.1 cm³/mol. The third-order valence-electron chi connectivity index (χ3n) is 3.76. The monoisotopic (exact) mass is 350 g/mol. The summed E-state index contributed by atoms with van der Waals surface area (Å²) in [6, 6.07) is 12.7. The van der Waals surface area contributed by atoms with Gasteiger partial charge in [-0.25, -0.2) is 0 Å². The molecule has 0 saturated carbocycles. The van der Waals surface area contributed by atoms with Gasteiger partial charge in [-0.3, -0.25) is 4.90 Å². The van der Waals surface area contributed by atoms with Gasteiger partial charge in [0, 0.05) is 10.5 Å². The summed E-state index contributed by atoms with van der Waals surface area (Å²) >= 11 is 3.48. The fraction of sp³-hybridized carbons (Fsp3) is 0.412. The summed E-state index contributed by atoms with van der Waals surface area (Å²) in [7, 11) is 2.10. The van der Waals surface area contributed by atoms with E-state index in [1.54, 1.807) is 0 Å². The van der Waals surface area contributed by atoms with Gasteiger partial charge in [-0.15, -0.1) is 0 Å². The van der Waals surface area contributed by atoms with E-state index in [2.05, 4.69) is 59.1 Å². The Labute approximate surface area is 135 Å². The quantitative estimate of drug-likeness (QED) is 0.846. The van der Waals surface area contributed by atoms with Crippen molar-refractivity contribution in [2.75, 3.05) is 7.05 Å². The zero-order valence-electron chi connectivity index (χ0n) is 12.8. The molecular formula is C17H23BrN2O. The van der Waals surface area contributed by atoms with Crippen LogP contribution in [0.15, 0.2) is 45.3 Å². The van der Waals surface area contributed by atoms with Crippen LogP contribution < -0.4 is 5.73 Å². The van der Waals surface area contributed by atoms with Gasteiger partial charge in [0.25, 0.3) is 0 Å². The molecule has 0 aliphatic carbocycles. The molecule has 2 unspecified atom stereocenters. The molecule has 114 valence electrons. The van der Waals surface area contributed by atoms with Crippen molar-refractivity contribution in [3.05, 3.63) is 58.0 Å². The average Bonchev–Trinajstić information content (AvgIpc) is 2.86. The second-order valence-electron chi connectivity index (χ2n) is 5.50. The van der Waals surface area contributed by atoms with Crippen molar-refractivity contribution in [1.29, 1.82) is 0 Å². The lowest BCUT2D eigenvalue weighted by Crippen LogP contribution is -2.38. The molecule has 1 aromatic carbocycles. The van der Waals surface area contributed by atoms with Crippen molar-refractivity contribution < 1.29 is 4.42 Å². The van der Waals surface area contributed by atoms with Gasteiger partial charge in [-0.05, 0) is 50.2 Å². The lowest BCUT2D eigenvalue weighted by molar-refractivity contribution is 0.187. The highest BCUT2D eigenvalue weighted by molar-refractivity contribution is 9.10. The van der Waals surface area contributed by atoms with Crippen molar-refractivity contribution >= 4 is 15.9 Å². The summed E-state index contributed by atoms with van der Waals surface area (Å²) in [6.45, 7) is 4.84. The summed E-state index contributed by atoms with van der Waals surface area (Å²) < 4.78 is 6.77. The van der Waals surface area contributed by atoms with E-state index >= 15 is 0 Å². The minimum atomic E-state index is 0.0900. The molecule has 2 N–H and O–H groups in total. The molecule has 0 aliphatic rings. The first kappa shape index (κ1) is 16.3. The Balaban J connectivity index is 2.20. The topological polar surface area (TPSA) is 42.4 Å². The Bertz CT molecular complexity index is 564. The molecule has 4 heteroatoms. The van der Waals surface area contributed by atoms with Gasteiger partial charge in [-0.2, -0.15) is 0 Å². The van der Waals surface area contributed by atoms with E-state index in [-0.39, 0.29) is 12.1 Å². The first-order chi connectivity index (χ1) is 10.0. The Morgan fingerprint density at radius 1 is 1.19 bits per heavy atom. The summed E-state index contributed by atoms with van der Waals surface area (Å²) in [6.07, 6.45) is 0.933. The van der Waals surface area contributed by atoms with Crippen LogP contribution in [0, 0.1) is 6.92 Å². The molecular weight excluding hydrogens is 328 g/mol. The molecule has 0 amide bonds. The van der Waals surface area contributed by atoms with Crippen molar-refractivity contribution in [3.8, 4) is 0 Å². The number of rotatable bonds is 6. The number of aryl methyl sites for hydroxylation is 1. The highest BCUT2D eigenvalue weighted by Crippen LogP contribution is 2.27. The Morgan fingerprint density at radius 2 is 1.86 bits per heavy atom. The molecule has 0 saturated heterocycles. The summed E-state index contributed by atoms with van der Waals surface area (Å²) in [5.74, 6) is 1.92. The normalized spacial score (nSPS) is 14.4. The van der Waals surface area contributed by atoms with Crippen LogP contribution in [0.5, 0.6) is 0 Å². The fourth-order valence-electron chi connectivity index (χ4n) is 2.63. The Morgan fingerprint density at radius 3 is 2.38 bits per heavy atom. The fourth-order valence-corrected chi connectivity index (χ4v) is 2.89. The third-order valence-corrected chi connectivity index (χ3v) is 4.29. The molecule has 2 atom stereocenters. The van der Waals surface area contributed by atoms with E-state index in [4.69, 9.17) is 10.2 Å². The zero-order chi connectivity index (χ0) is 15.4. The van der Waals surface area contributed by atoms with Crippen molar-refractivity contribution in [2.24, 2.45) is 5.73 Å². The second-order valence-corrected chi connectivity index (χ2v) is 6.41. The number of benzene rings is 1. The first-order valence-electron chi connectivity index (χ1n) is 7.28. The molecule has 2 aromatic rings. The molecule has 0 fully saturated rings. The number of halogens is 1. The lowest BCUT2D eigenvalue weighted by Gasteiger charge is -2.32. The van der Waals surface area contributed by atoms with Crippen LogP contribution >= 0.6 is 15.9 Å². The predicted octanol–water partition coefficient (Wildman–Crippen LogP) is 4.26. The van der Waals surface area contributed by atoms with Crippen LogP contribution in [0.4, 0.5) is 0 Å². The zero-order valence-corrected chi connectivity index (χ0v) is 14.4. The van der Waals surface area contributed by atoms with Gasteiger partial charge in [0.05, 0.1) is 12.6 Å². The third kappa shape index (κ3) is 4.19. The van der Waals surface area contributed by atoms with Gasteiger partial charge < -0.3 is 10.2 Å². The van der Waals surface area contributed by atoms with Gasteiger partial charge in [0.1, 0.15) is 11.5 Å². The maximum absolute atomic E-state index is 6.36. The molecule has 1 heterocycles.